The first kappa shape index (κ1) is 13.7. The van der Waals surface area contributed by atoms with Crippen molar-refractivity contribution in [1.82, 2.24) is 0 Å². The largest absolute Gasteiger partial charge is 0.496 e. The monoisotopic (exact) mass is 278 g/mol. The molecular weight excluding hydrogens is 264 g/mol. The number of hydrogen-bond acceptors (Lipinski definition) is 3. The number of methoxy groups -OCH3 is 2. The molecule has 1 atom stereocenters. The fourth-order valence-electron chi connectivity index (χ4n) is 1.98. The van der Waals surface area contributed by atoms with Gasteiger partial charge in [0, 0.05) is 16.1 Å². The van der Waals surface area contributed by atoms with E-state index in [0.717, 1.165) is 0 Å². The molecule has 1 unspecified atom stereocenters. The minimum Gasteiger partial charge on any atom is -0.496 e. The topological polar surface area (TPSA) is 38.7 Å². The summed E-state index contributed by atoms with van der Waals surface area (Å²) in [5, 5.41) is 11.1. The van der Waals surface area contributed by atoms with Crippen molar-refractivity contribution in [1.29, 1.82) is 0 Å². The number of halogens is 1. The lowest BCUT2D eigenvalue weighted by molar-refractivity contribution is 0.209. The van der Waals surface area contributed by atoms with Crippen LogP contribution in [-0.2, 0) is 0 Å². The van der Waals surface area contributed by atoms with Crippen LogP contribution < -0.4 is 9.47 Å². The summed E-state index contributed by atoms with van der Waals surface area (Å²) in [5.74, 6) is 1.21. The molecule has 3 nitrogen and oxygen atoms in total. The highest BCUT2D eigenvalue weighted by Crippen LogP contribution is 2.35. The van der Waals surface area contributed by atoms with Crippen LogP contribution in [0.2, 0.25) is 5.02 Å². The van der Waals surface area contributed by atoms with Gasteiger partial charge in [0.1, 0.15) is 17.6 Å². The highest BCUT2D eigenvalue weighted by molar-refractivity contribution is 6.30. The van der Waals surface area contributed by atoms with E-state index >= 15 is 0 Å². The maximum Gasteiger partial charge on any atom is 0.125 e. The minimum absolute atomic E-state index is 0.546. The summed E-state index contributed by atoms with van der Waals surface area (Å²) in [5.41, 5.74) is 1.28. The smallest absolute Gasteiger partial charge is 0.125 e. The second-order valence-electron chi connectivity index (χ2n) is 4.03. The van der Waals surface area contributed by atoms with Crippen LogP contribution >= 0.6 is 11.6 Å². The predicted octanol–water partition coefficient (Wildman–Crippen LogP) is 3.44. The average molecular weight is 279 g/mol. The SMILES string of the molecule is COc1ccccc1C(O)c1cc(Cl)ccc1OC. The van der Waals surface area contributed by atoms with Crippen LogP contribution in [0.4, 0.5) is 0 Å². The lowest BCUT2D eigenvalue weighted by Crippen LogP contribution is -2.04. The molecule has 19 heavy (non-hydrogen) atoms. The first-order chi connectivity index (χ1) is 9.17. The van der Waals surface area contributed by atoms with Crippen molar-refractivity contribution in [3.63, 3.8) is 0 Å². The van der Waals surface area contributed by atoms with Gasteiger partial charge in [0.2, 0.25) is 0 Å². The molecule has 0 radical (unpaired) electrons. The highest BCUT2D eigenvalue weighted by Gasteiger charge is 2.19. The Hall–Kier alpha value is -1.71. The Kier molecular flexibility index (Phi) is 4.30. The predicted molar refractivity (Wildman–Crippen MR) is 75.1 cm³/mol. The zero-order valence-corrected chi connectivity index (χ0v) is 11.5. The zero-order valence-electron chi connectivity index (χ0n) is 10.8. The molecule has 0 saturated carbocycles. The quantitative estimate of drug-likeness (QED) is 0.931. The van der Waals surface area contributed by atoms with E-state index in [-0.39, 0.29) is 0 Å². The highest BCUT2D eigenvalue weighted by atomic mass is 35.5. The molecule has 1 N–H and O–H groups in total. The van der Waals surface area contributed by atoms with Crippen LogP contribution in [0.5, 0.6) is 11.5 Å². The second kappa shape index (κ2) is 5.95. The van der Waals surface area contributed by atoms with Crippen LogP contribution in [-0.4, -0.2) is 19.3 Å². The number of aliphatic hydroxyl groups excluding tert-OH is 1. The molecule has 2 rings (SSSR count). The number of rotatable bonds is 4. The summed E-state index contributed by atoms with van der Waals surface area (Å²) in [4.78, 5) is 0. The molecule has 0 amide bonds. The molecule has 100 valence electrons. The van der Waals surface area contributed by atoms with Crippen molar-refractivity contribution in [2.24, 2.45) is 0 Å². The zero-order chi connectivity index (χ0) is 13.8. The van der Waals surface area contributed by atoms with Crippen LogP contribution in [0.25, 0.3) is 0 Å². The Labute approximate surface area is 117 Å². The Morgan fingerprint density at radius 1 is 0.947 bits per heavy atom. The molecule has 0 aliphatic rings. The molecule has 0 aliphatic heterocycles. The van der Waals surface area contributed by atoms with Crippen molar-refractivity contribution in [3.05, 3.63) is 58.6 Å². The van der Waals surface area contributed by atoms with Crippen molar-refractivity contribution in [2.45, 2.75) is 6.10 Å². The summed E-state index contributed by atoms with van der Waals surface area (Å²) in [7, 11) is 3.13. The Balaban J connectivity index is 2.49. The fraction of sp³-hybridized carbons (Fsp3) is 0.200. The number of para-hydroxylation sites is 1. The van der Waals surface area contributed by atoms with E-state index in [1.807, 2.05) is 18.2 Å². The first-order valence-electron chi connectivity index (χ1n) is 5.81. The van der Waals surface area contributed by atoms with E-state index in [0.29, 0.717) is 27.6 Å². The van der Waals surface area contributed by atoms with Gasteiger partial charge in [-0.3, -0.25) is 0 Å². The van der Waals surface area contributed by atoms with E-state index < -0.39 is 6.10 Å². The molecule has 0 aromatic heterocycles. The number of hydrogen-bond donors (Lipinski definition) is 1. The van der Waals surface area contributed by atoms with Gasteiger partial charge >= 0.3 is 0 Å². The lowest BCUT2D eigenvalue weighted by Gasteiger charge is -2.17. The molecule has 4 heteroatoms. The normalized spacial score (nSPS) is 12.0. The van der Waals surface area contributed by atoms with Crippen molar-refractivity contribution in [3.8, 4) is 11.5 Å². The standard InChI is InChI=1S/C15H15ClO3/c1-18-13-6-4-3-5-11(13)15(17)12-9-10(16)7-8-14(12)19-2/h3-9,15,17H,1-2H3. The second-order valence-corrected chi connectivity index (χ2v) is 4.47. The summed E-state index contributed by atoms with van der Waals surface area (Å²) in [6.45, 7) is 0. The molecule has 0 bridgehead atoms. The van der Waals surface area contributed by atoms with Crippen LogP contribution in [0.3, 0.4) is 0 Å². The summed E-state index contributed by atoms with van der Waals surface area (Å²) < 4.78 is 10.5. The Morgan fingerprint density at radius 2 is 1.58 bits per heavy atom. The molecule has 0 fully saturated rings. The van der Waals surface area contributed by atoms with E-state index in [2.05, 4.69) is 0 Å². The van der Waals surface area contributed by atoms with Crippen LogP contribution in [0.1, 0.15) is 17.2 Å². The van der Waals surface area contributed by atoms with Gasteiger partial charge in [-0.25, -0.2) is 0 Å². The van der Waals surface area contributed by atoms with Gasteiger partial charge in [-0.15, -0.1) is 0 Å². The van der Waals surface area contributed by atoms with Gasteiger partial charge in [-0.1, -0.05) is 29.8 Å². The maximum absolute atomic E-state index is 10.5. The van der Waals surface area contributed by atoms with Gasteiger partial charge in [0.25, 0.3) is 0 Å². The van der Waals surface area contributed by atoms with E-state index in [1.54, 1.807) is 38.5 Å². The van der Waals surface area contributed by atoms with Crippen molar-refractivity contribution >= 4 is 11.6 Å². The lowest BCUT2D eigenvalue weighted by atomic mass is 10.00. The fourth-order valence-corrected chi connectivity index (χ4v) is 2.16. The molecule has 2 aromatic carbocycles. The van der Waals surface area contributed by atoms with Crippen LogP contribution in [0, 0.1) is 0 Å². The van der Waals surface area contributed by atoms with Gasteiger partial charge in [-0.2, -0.15) is 0 Å². The minimum atomic E-state index is -0.857. The third-order valence-electron chi connectivity index (χ3n) is 2.92. The summed E-state index contributed by atoms with van der Waals surface area (Å²) in [6.07, 6.45) is -0.857. The molecule has 0 spiro atoms. The van der Waals surface area contributed by atoms with Gasteiger partial charge in [-0.05, 0) is 24.3 Å². The summed E-state index contributed by atoms with van der Waals surface area (Å²) in [6, 6.07) is 12.5. The van der Waals surface area contributed by atoms with Crippen LogP contribution in [0.15, 0.2) is 42.5 Å². The first-order valence-corrected chi connectivity index (χ1v) is 6.19. The van der Waals surface area contributed by atoms with Crippen molar-refractivity contribution < 1.29 is 14.6 Å². The molecular formula is C15H15ClO3. The number of benzene rings is 2. The number of aliphatic hydroxyl groups is 1. The third-order valence-corrected chi connectivity index (χ3v) is 3.15. The van der Waals surface area contributed by atoms with Gasteiger partial charge in [0.15, 0.2) is 0 Å². The van der Waals surface area contributed by atoms with E-state index in [1.165, 1.54) is 0 Å². The maximum atomic E-state index is 10.5. The number of ether oxygens (including phenoxy) is 2. The molecule has 0 aliphatic carbocycles. The van der Waals surface area contributed by atoms with Crippen molar-refractivity contribution in [2.75, 3.05) is 14.2 Å². The summed E-state index contributed by atoms with van der Waals surface area (Å²) >= 11 is 5.98. The molecule has 0 saturated heterocycles. The molecule has 0 heterocycles. The third kappa shape index (κ3) is 2.83. The van der Waals surface area contributed by atoms with Gasteiger partial charge < -0.3 is 14.6 Å². The Bertz CT molecular complexity index is 569. The van der Waals surface area contributed by atoms with E-state index in [4.69, 9.17) is 21.1 Å². The molecule has 2 aromatic rings. The van der Waals surface area contributed by atoms with Gasteiger partial charge in [0.05, 0.1) is 14.2 Å². The Morgan fingerprint density at radius 3 is 2.26 bits per heavy atom. The average Bonchev–Trinajstić information content (AvgIpc) is 2.46. The van der Waals surface area contributed by atoms with E-state index in [9.17, 15) is 5.11 Å².